The summed E-state index contributed by atoms with van der Waals surface area (Å²) in [6.45, 7) is 3.34. The Balaban J connectivity index is 2.50. The minimum absolute atomic E-state index is 0.403. The first-order valence-corrected chi connectivity index (χ1v) is 6.47. The van der Waals surface area contributed by atoms with Gasteiger partial charge in [0.2, 0.25) is 0 Å². The monoisotopic (exact) mass is 293 g/mol. The molecule has 1 aromatic carbocycles. The maximum atomic E-state index is 11.8. The number of allylic oxidation sites excluding steroid dienone is 3. The van der Waals surface area contributed by atoms with Crippen LogP contribution in [0.25, 0.3) is 0 Å². The van der Waals surface area contributed by atoms with Crippen molar-refractivity contribution >= 4 is 29.2 Å². The van der Waals surface area contributed by atoms with E-state index in [1.807, 2.05) is 6.92 Å². The highest BCUT2D eigenvalue weighted by Crippen LogP contribution is 2.13. The number of anilines is 1. The van der Waals surface area contributed by atoms with E-state index in [-0.39, 0.29) is 0 Å². The van der Waals surface area contributed by atoms with Crippen LogP contribution < -0.4 is 5.32 Å². The molecule has 0 saturated carbocycles. The van der Waals surface area contributed by atoms with Crippen molar-refractivity contribution in [3.05, 3.63) is 53.6 Å². The molecule has 1 atom stereocenters. The average molecular weight is 294 g/mol. The smallest absolute Gasteiger partial charge is 0.331 e. The van der Waals surface area contributed by atoms with Gasteiger partial charge in [-0.25, -0.2) is 4.79 Å². The molecule has 1 aromatic rings. The summed E-state index contributed by atoms with van der Waals surface area (Å²) in [6, 6.07) is 6.66. The molecule has 0 aromatic heterocycles. The van der Waals surface area contributed by atoms with Gasteiger partial charge < -0.3 is 10.1 Å². The second-order valence-corrected chi connectivity index (χ2v) is 4.40. The fraction of sp³-hybridized carbons (Fsp3) is 0.200. The molecule has 106 valence electrons. The number of halogens is 1. The first kappa shape index (κ1) is 16.0. The molecule has 0 aliphatic rings. The Kier molecular flexibility index (Phi) is 6.53. The molecule has 5 heteroatoms. The lowest BCUT2D eigenvalue weighted by molar-refractivity contribution is -0.148. The zero-order valence-electron chi connectivity index (χ0n) is 11.3. The van der Waals surface area contributed by atoms with Crippen LogP contribution in [0.15, 0.2) is 48.6 Å². The van der Waals surface area contributed by atoms with E-state index in [1.165, 1.54) is 13.0 Å². The van der Waals surface area contributed by atoms with E-state index >= 15 is 0 Å². The van der Waals surface area contributed by atoms with E-state index in [1.54, 1.807) is 42.5 Å². The number of hydrogen-bond acceptors (Lipinski definition) is 3. The highest BCUT2D eigenvalue weighted by atomic mass is 35.5. The molecule has 0 saturated heterocycles. The quantitative estimate of drug-likeness (QED) is 0.514. The van der Waals surface area contributed by atoms with Crippen LogP contribution in [0.4, 0.5) is 5.69 Å². The molecule has 0 aliphatic heterocycles. The Labute approximate surface area is 123 Å². The fourth-order valence-corrected chi connectivity index (χ4v) is 1.42. The summed E-state index contributed by atoms with van der Waals surface area (Å²) < 4.78 is 4.96. The maximum Gasteiger partial charge on any atom is 0.331 e. The minimum Gasteiger partial charge on any atom is -0.449 e. The van der Waals surface area contributed by atoms with Crippen molar-refractivity contribution in [2.45, 2.75) is 20.0 Å². The summed E-state index contributed by atoms with van der Waals surface area (Å²) in [4.78, 5) is 23.2. The van der Waals surface area contributed by atoms with Crippen molar-refractivity contribution in [1.29, 1.82) is 0 Å². The van der Waals surface area contributed by atoms with Gasteiger partial charge in [0.05, 0.1) is 0 Å². The minimum atomic E-state index is -0.881. The topological polar surface area (TPSA) is 55.4 Å². The molecule has 0 heterocycles. The van der Waals surface area contributed by atoms with Gasteiger partial charge in [-0.05, 0) is 38.1 Å². The van der Waals surface area contributed by atoms with Crippen LogP contribution >= 0.6 is 11.6 Å². The number of esters is 1. The predicted octanol–water partition coefficient (Wildman–Crippen LogP) is 3.34. The van der Waals surface area contributed by atoms with Crippen molar-refractivity contribution in [2.24, 2.45) is 0 Å². The molecule has 0 radical (unpaired) electrons. The number of ether oxygens (including phenoxy) is 1. The van der Waals surface area contributed by atoms with Crippen LogP contribution in [-0.2, 0) is 14.3 Å². The van der Waals surface area contributed by atoms with E-state index in [2.05, 4.69) is 5.32 Å². The number of amides is 1. The lowest BCUT2D eigenvalue weighted by atomic mass is 10.3. The van der Waals surface area contributed by atoms with Gasteiger partial charge in [0.15, 0.2) is 6.10 Å². The van der Waals surface area contributed by atoms with Crippen LogP contribution in [0.1, 0.15) is 13.8 Å². The Bertz CT molecular complexity index is 520. The van der Waals surface area contributed by atoms with E-state index < -0.39 is 18.0 Å². The third-order valence-corrected chi connectivity index (χ3v) is 2.56. The van der Waals surface area contributed by atoms with Gasteiger partial charge in [0.25, 0.3) is 5.91 Å². The van der Waals surface area contributed by atoms with Gasteiger partial charge in [-0.1, -0.05) is 29.8 Å². The van der Waals surface area contributed by atoms with Crippen LogP contribution in [0.5, 0.6) is 0 Å². The van der Waals surface area contributed by atoms with E-state index in [0.717, 1.165) is 0 Å². The molecular formula is C15H16ClNO3. The molecule has 4 nitrogen and oxygen atoms in total. The average Bonchev–Trinajstić information content (AvgIpc) is 2.41. The summed E-state index contributed by atoms with van der Waals surface area (Å²) in [7, 11) is 0. The third-order valence-electron chi connectivity index (χ3n) is 2.31. The zero-order chi connectivity index (χ0) is 15.0. The second-order valence-electron chi connectivity index (χ2n) is 3.96. The normalized spacial score (nSPS) is 12.6. The summed E-state index contributed by atoms with van der Waals surface area (Å²) in [5.74, 6) is -0.970. The van der Waals surface area contributed by atoms with Crippen molar-refractivity contribution in [2.75, 3.05) is 5.32 Å². The van der Waals surface area contributed by atoms with Gasteiger partial charge in [-0.3, -0.25) is 4.79 Å². The van der Waals surface area contributed by atoms with Gasteiger partial charge in [0, 0.05) is 16.8 Å². The number of carbonyl (C=O) groups excluding carboxylic acids is 2. The molecule has 0 unspecified atom stereocenters. The van der Waals surface area contributed by atoms with Gasteiger partial charge in [-0.15, -0.1) is 0 Å². The van der Waals surface area contributed by atoms with Crippen LogP contribution in [0, 0.1) is 0 Å². The standard InChI is InChI=1S/C15H16ClNO3/c1-3-4-5-6-14(18)20-11(2)15(19)17-13-9-7-12(16)8-10-13/h3-11H,1-2H3,(H,17,19)/b4-3+,6-5+/t11-/m1/s1. The number of nitrogens with one attached hydrogen (secondary N) is 1. The zero-order valence-corrected chi connectivity index (χ0v) is 12.1. The Morgan fingerprint density at radius 2 is 1.90 bits per heavy atom. The summed E-state index contributed by atoms with van der Waals surface area (Å²) in [6.07, 6.45) is 5.40. The number of benzene rings is 1. The molecule has 0 aliphatic carbocycles. The second kappa shape index (κ2) is 8.17. The van der Waals surface area contributed by atoms with E-state index in [0.29, 0.717) is 10.7 Å². The van der Waals surface area contributed by atoms with Crippen molar-refractivity contribution in [3.8, 4) is 0 Å². The molecule has 0 fully saturated rings. The van der Waals surface area contributed by atoms with Crippen molar-refractivity contribution < 1.29 is 14.3 Å². The number of hydrogen-bond donors (Lipinski definition) is 1. The molecule has 1 N–H and O–H groups in total. The number of rotatable bonds is 5. The summed E-state index contributed by atoms with van der Waals surface area (Å²) >= 11 is 5.74. The largest absolute Gasteiger partial charge is 0.449 e. The summed E-state index contributed by atoms with van der Waals surface area (Å²) in [5.41, 5.74) is 0.590. The maximum absolute atomic E-state index is 11.8. The van der Waals surface area contributed by atoms with E-state index in [4.69, 9.17) is 16.3 Å². The van der Waals surface area contributed by atoms with Gasteiger partial charge in [0.1, 0.15) is 0 Å². The Morgan fingerprint density at radius 3 is 2.50 bits per heavy atom. The SMILES string of the molecule is C/C=C/C=C/C(=O)O[C@H](C)C(=O)Nc1ccc(Cl)cc1. The molecular weight excluding hydrogens is 278 g/mol. The van der Waals surface area contributed by atoms with E-state index in [9.17, 15) is 9.59 Å². The molecule has 1 rings (SSSR count). The summed E-state index contributed by atoms with van der Waals surface area (Å²) in [5, 5.41) is 3.21. The van der Waals surface area contributed by atoms with Gasteiger partial charge >= 0.3 is 5.97 Å². The first-order valence-electron chi connectivity index (χ1n) is 6.09. The Hall–Kier alpha value is -2.07. The molecule has 0 spiro atoms. The number of carbonyl (C=O) groups is 2. The van der Waals surface area contributed by atoms with Crippen LogP contribution in [0.2, 0.25) is 5.02 Å². The molecule has 0 bridgehead atoms. The highest BCUT2D eigenvalue weighted by molar-refractivity contribution is 6.30. The Morgan fingerprint density at radius 1 is 1.25 bits per heavy atom. The third kappa shape index (κ3) is 5.71. The van der Waals surface area contributed by atoms with Crippen molar-refractivity contribution in [3.63, 3.8) is 0 Å². The van der Waals surface area contributed by atoms with Crippen LogP contribution in [-0.4, -0.2) is 18.0 Å². The van der Waals surface area contributed by atoms with Gasteiger partial charge in [-0.2, -0.15) is 0 Å². The fourth-order valence-electron chi connectivity index (χ4n) is 1.29. The molecule has 20 heavy (non-hydrogen) atoms. The first-order chi connectivity index (χ1) is 9.52. The lowest BCUT2D eigenvalue weighted by Gasteiger charge is -2.12. The predicted molar refractivity (Wildman–Crippen MR) is 79.6 cm³/mol. The van der Waals surface area contributed by atoms with Crippen LogP contribution in [0.3, 0.4) is 0 Å². The highest BCUT2D eigenvalue weighted by Gasteiger charge is 2.16. The lowest BCUT2D eigenvalue weighted by Crippen LogP contribution is -2.29. The molecule has 1 amide bonds. The van der Waals surface area contributed by atoms with Crippen molar-refractivity contribution in [1.82, 2.24) is 0 Å².